The van der Waals surface area contributed by atoms with Crippen molar-refractivity contribution in [3.8, 4) is 0 Å². The molecule has 2 aromatic carbocycles. The van der Waals surface area contributed by atoms with Gasteiger partial charge in [-0.2, -0.15) is 39.5 Å². The smallest absolute Gasteiger partial charge is 0.194 e. The molecule has 0 heterocycles. The third-order valence-corrected chi connectivity index (χ3v) is 3.18. The van der Waals surface area contributed by atoms with E-state index in [1.807, 2.05) is 0 Å². The highest BCUT2D eigenvalue weighted by molar-refractivity contribution is 5.85. The Balaban J connectivity index is 2.69. The van der Waals surface area contributed by atoms with Gasteiger partial charge in [0, 0.05) is 5.56 Å². The normalized spacial score (nSPS) is 14.3. The summed E-state index contributed by atoms with van der Waals surface area (Å²) in [6, 6.07) is 8.11. The van der Waals surface area contributed by atoms with Crippen LogP contribution in [0.5, 0.6) is 0 Å². The minimum atomic E-state index is -6.92. The highest BCUT2D eigenvalue weighted by Crippen LogP contribution is 2.57. The molecule has 125 valence electrons. The lowest BCUT2D eigenvalue weighted by Gasteiger charge is -2.34. The molecule has 0 N–H and O–H groups in total. The molecule has 0 aliphatic rings. The summed E-state index contributed by atoms with van der Waals surface area (Å²) in [6.07, 6.45) is -6.84. The van der Waals surface area contributed by atoms with Crippen LogP contribution in [0.25, 0.3) is 10.8 Å². The van der Waals surface area contributed by atoms with Crippen LogP contribution in [-0.2, 0) is 5.92 Å². The van der Waals surface area contributed by atoms with E-state index in [-0.39, 0.29) is 5.39 Å². The van der Waals surface area contributed by atoms with Crippen molar-refractivity contribution >= 4 is 10.8 Å². The van der Waals surface area contributed by atoms with Gasteiger partial charge in [-0.05, 0) is 16.8 Å². The Morgan fingerprint density at radius 1 is 0.696 bits per heavy atom. The Bertz CT molecular complexity index is 710. The van der Waals surface area contributed by atoms with Crippen LogP contribution in [0.2, 0.25) is 0 Å². The Morgan fingerprint density at radius 2 is 1.26 bits per heavy atom. The van der Waals surface area contributed by atoms with E-state index in [2.05, 4.69) is 6.07 Å². The molecule has 0 saturated carbocycles. The van der Waals surface area contributed by atoms with Gasteiger partial charge < -0.3 is 0 Å². The Hall–Kier alpha value is -1.93. The molecule has 0 aromatic heterocycles. The molecule has 0 spiro atoms. The number of fused-ring (bicyclic) bond motifs is 1. The van der Waals surface area contributed by atoms with E-state index < -0.39 is 34.9 Å². The fraction of sp³-hybridized carbons (Fsp3) is 0.286. The van der Waals surface area contributed by atoms with Gasteiger partial charge in [-0.25, -0.2) is 0 Å². The monoisotopic (exact) mass is 345 g/mol. The predicted octanol–water partition coefficient (Wildman–Crippen LogP) is 5.56. The topological polar surface area (TPSA) is 0 Å². The lowest BCUT2D eigenvalue weighted by atomic mass is 9.92. The number of halogens is 9. The van der Waals surface area contributed by atoms with Gasteiger partial charge in [-0.1, -0.05) is 36.4 Å². The minimum absolute atomic E-state index is 0.0594. The minimum Gasteiger partial charge on any atom is -0.194 e. The molecular formula is C14H6F9. The van der Waals surface area contributed by atoms with Crippen LogP contribution in [-0.4, -0.2) is 18.0 Å². The van der Waals surface area contributed by atoms with Gasteiger partial charge >= 0.3 is 23.9 Å². The number of alkyl halides is 9. The molecule has 1 radical (unpaired) electrons. The zero-order chi connectivity index (χ0) is 17.7. The SMILES string of the molecule is FC(F)(F)C(F)(F)C(F)(F)C(F)(F)c1cccc2ccc[c]c12. The summed E-state index contributed by atoms with van der Waals surface area (Å²) in [6.45, 7) is 0. The molecule has 0 amide bonds. The van der Waals surface area contributed by atoms with E-state index >= 15 is 0 Å². The molecular weight excluding hydrogens is 339 g/mol. The first-order valence-corrected chi connectivity index (χ1v) is 5.94. The molecule has 23 heavy (non-hydrogen) atoms. The maximum absolute atomic E-state index is 13.9. The van der Waals surface area contributed by atoms with Crippen LogP contribution in [0.1, 0.15) is 5.56 Å². The van der Waals surface area contributed by atoms with Gasteiger partial charge in [-0.15, -0.1) is 0 Å². The Kier molecular flexibility index (Phi) is 3.82. The van der Waals surface area contributed by atoms with Crippen molar-refractivity contribution in [1.82, 2.24) is 0 Å². The van der Waals surface area contributed by atoms with Crippen molar-refractivity contribution in [2.75, 3.05) is 0 Å². The van der Waals surface area contributed by atoms with Crippen LogP contribution < -0.4 is 0 Å². The maximum Gasteiger partial charge on any atom is 0.460 e. The van der Waals surface area contributed by atoms with E-state index in [4.69, 9.17) is 0 Å². The van der Waals surface area contributed by atoms with Crippen LogP contribution in [0.3, 0.4) is 0 Å². The second kappa shape index (κ2) is 5.04. The van der Waals surface area contributed by atoms with Crippen LogP contribution >= 0.6 is 0 Å². The quantitative estimate of drug-likeness (QED) is 0.639. The van der Waals surface area contributed by atoms with Crippen molar-refractivity contribution < 1.29 is 39.5 Å². The first kappa shape index (κ1) is 17.4. The lowest BCUT2D eigenvalue weighted by molar-refractivity contribution is -0.399. The van der Waals surface area contributed by atoms with E-state index in [1.165, 1.54) is 18.2 Å². The van der Waals surface area contributed by atoms with Crippen molar-refractivity contribution in [2.24, 2.45) is 0 Å². The van der Waals surface area contributed by atoms with E-state index in [0.717, 1.165) is 12.1 Å². The Labute approximate surface area is 123 Å². The Morgan fingerprint density at radius 3 is 1.83 bits per heavy atom. The van der Waals surface area contributed by atoms with Gasteiger partial charge in [0.05, 0.1) is 0 Å². The summed E-state index contributed by atoms with van der Waals surface area (Å²) >= 11 is 0. The van der Waals surface area contributed by atoms with Gasteiger partial charge in [0.15, 0.2) is 0 Å². The largest absolute Gasteiger partial charge is 0.460 e. The summed E-state index contributed by atoms with van der Waals surface area (Å²) in [7, 11) is 0. The first-order chi connectivity index (χ1) is 10.3. The molecule has 0 unspecified atom stereocenters. The van der Waals surface area contributed by atoms with E-state index in [0.29, 0.717) is 6.07 Å². The van der Waals surface area contributed by atoms with Crippen molar-refractivity contribution in [3.63, 3.8) is 0 Å². The van der Waals surface area contributed by atoms with Gasteiger partial charge in [0.25, 0.3) is 0 Å². The number of benzene rings is 2. The standard InChI is InChI=1S/C14H6F9/c15-11(16,12(17,18)13(19,20)14(21,22)23)10-7-3-5-8-4-1-2-6-9(8)10/h1-5,7H. The molecule has 2 aromatic rings. The average molecular weight is 345 g/mol. The molecule has 0 aliphatic heterocycles. The third kappa shape index (κ3) is 2.42. The summed E-state index contributed by atoms with van der Waals surface area (Å²) in [5, 5.41) is -0.728. The number of hydrogen-bond donors (Lipinski definition) is 0. The van der Waals surface area contributed by atoms with Crippen molar-refractivity contribution in [1.29, 1.82) is 0 Å². The maximum atomic E-state index is 13.9. The number of hydrogen-bond acceptors (Lipinski definition) is 0. The highest BCUT2D eigenvalue weighted by atomic mass is 19.4. The summed E-state index contributed by atoms with van der Waals surface area (Å²) in [5.74, 6) is -19.4. The van der Waals surface area contributed by atoms with Crippen molar-refractivity contribution in [2.45, 2.75) is 23.9 Å². The van der Waals surface area contributed by atoms with Gasteiger partial charge in [0.2, 0.25) is 0 Å². The summed E-state index contributed by atoms with van der Waals surface area (Å²) in [4.78, 5) is 0. The van der Waals surface area contributed by atoms with Crippen LogP contribution in [0, 0.1) is 6.07 Å². The molecule has 9 heteroatoms. The summed E-state index contributed by atoms with van der Waals surface area (Å²) in [5.41, 5.74) is -1.66. The first-order valence-electron chi connectivity index (χ1n) is 5.94. The van der Waals surface area contributed by atoms with Crippen LogP contribution in [0.4, 0.5) is 39.5 Å². The molecule has 2 rings (SSSR count). The molecule has 0 atom stereocenters. The average Bonchev–Trinajstić information content (AvgIpc) is 2.45. The fourth-order valence-corrected chi connectivity index (χ4v) is 1.96. The highest BCUT2D eigenvalue weighted by Gasteiger charge is 2.82. The molecule has 0 bridgehead atoms. The van der Waals surface area contributed by atoms with Crippen molar-refractivity contribution in [3.05, 3.63) is 48.0 Å². The lowest BCUT2D eigenvalue weighted by Crippen LogP contribution is -2.59. The van der Waals surface area contributed by atoms with E-state index in [9.17, 15) is 39.5 Å². The fourth-order valence-electron chi connectivity index (χ4n) is 1.96. The molecule has 0 nitrogen and oxygen atoms in total. The van der Waals surface area contributed by atoms with Gasteiger partial charge in [0.1, 0.15) is 0 Å². The number of rotatable bonds is 3. The molecule has 0 saturated heterocycles. The second-order valence-electron chi connectivity index (χ2n) is 4.66. The summed E-state index contributed by atoms with van der Waals surface area (Å²) < 4.78 is 117. The van der Waals surface area contributed by atoms with E-state index in [1.54, 1.807) is 0 Å². The predicted molar refractivity (Wildman–Crippen MR) is 62.6 cm³/mol. The zero-order valence-electron chi connectivity index (χ0n) is 10.9. The van der Waals surface area contributed by atoms with Gasteiger partial charge in [-0.3, -0.25) is 0 Å². The third-order valence-electron chi connectivity index (χ3n) is 3.18. The van der Waals surface area contributed by atoms with Crippen LogP contribution in [0.15, 0.2) is 36.4 Å². The second-order valence-corrected chi connectivity index (χ2v) is 4.66. The molecule has 0 fully saturated rings. The zero-order valence-corrected chi connectivity index (χ0v) is 10.9. The molecule has 0 aliphatic carbocycles.